The Balaban J connectivity index is 1.95. The van der Waals surface area contributed by atoms with E-state index in [9.17, 15) is 4.79 Å². The summed E-state index contributed by atoms with van der Waals surface area (Å²) in [4.78, 5) is 11.7. The Hall–Kier alpha value is -3.15. The van der Waals surface area contributed by atoms with Gasteiger partial charge < -0.3 is 19.8 Å². The molecule has 0 saturated carbocycles. The van der Waals surface area contributed by atoms with Crippen molar-refractivity contribution in [2.45, 2.75) is 26.8 Å². The Labute approximate surface area is 158 Å². The summed E-state index contributed by atoms with van der Waals surface area (Å²) in [5.41, 5.74) is 10.9. The number of nitrogens with zero attached hydrogens (tertiary/aromatic N) is 1. The van der Waals surface area contributed by atoms with Crippen molar-refractivity contribution >= 4 is 28.4 Å². The zero-order chi connectivity index (χ0) is 19.4. The Morgan fingerprint density at radius 2 is 1.89 bits per heavy atom. The molecular weight excluding hydrogens is 342 g/mol. The highest BCUT2D eigenvalue weighted by Crippen LogP contribution is 2.37. The fraction of sp³-hybridized carbons (Fsp3) is 0.286. The maximum absolute atomic E-state index is 11.7. The molecule has 3 aromatic rings. The second kappa shape index (κ2) is 8.03. The van der Waals surface area contributed by atoms with E-state index in [1.54, 1.807) is 7.11 Å². The Morgan fingerprint density at radius 3 is 2.52 bits per heavy atom. The predicted molar refractivity (Wildman–Crippen MR) is 109 cm³/mol. The molecule has 142 valence electrons. The van der Waals surface area contributed by atoms with Gasteiger partial charge in [-0.05, 0) is 37.6 Å². The number of nitrogens with one attached hydrogen (secondary N) is 1. The van der Waals surface area contributed by atoms with Crippen LogP contribution in [0.2, 0.25) is 0 Å². The minimum Gasteiger partial charge on any atom is -0.497 e. The molecule has 27 heavy (non-hydrogen) atoms. The summed E-state index contributed by atoms with van der Waals surface area (Å²) in [6, 6.07) is 13.5. The van der Waals surface area contributed by atoms with Crippen LogP contribution in [0.25, 0.3) is 22.2 Å². The third-order valence-corrected chi connectivity index (χ3v) is 4.47. The summed E-state index contributed by atoms with van der Waals surface area (Å²) < 4.78 is 12.6. The number of aromatic nitrogens is 1. The summed E-state index contributed by atoms with van der Waals surface area (Å²) in [7, 11) is 1.65. The SMILES string of the molecule is CCCOC(=O)Nc1ccc(-c2c(N)c3ccc(OC)cc3n2CC)cc1. The van der Waals surface area contributed by atoms with Crippen LogP contribution in [0.4, 0.5) is 16.2 Å². The van der Waals surface area contributed by atoms with E-state index in [4.69, 9.17) is 15.2 Å². The van der Waals surface area contributed by atoms with Crippen molar-refractivity contribution in [3.8, 4) is 17.0 Å². The molecule has 1 aromatic heterocycles. The van der Waals surface area contributed by atoms with Crippen molar-refractivity contribution in [1.82, 2.24) is 4.57 Å². The molecule has 0 aliphatic carbocycles. The summed E-state index contributed by atoms with van der Waals surface area (Å²) in [5, 5.41) is 3.72. The van der Waals surface area contributed by atoms with Gasteiger partial charge in [-0.3, -0.25) is 5.32 Å². The van der Waals surface area contributed by atoms with Gasteiger partial charge in [-0.2, -0.15) is 0 Å². The van der Waals surface area contributed by atoms with Crippen LogP contribution in [0.3, 0.4) is 0 Å². The summed E-state index contributed by atoms with van der Waals surface area (Å²) in [6.07, 6.45) is 0.344. The van der Waals surface area contributed by atoms with E-state index in [1.807, 2.05) is 49.4 Å². The van der Waals surface area contributed by atoms with Crippen molar-refractivity contribution in [2.24, 2.45) is 0 Å². The van der Waals surface area contributed by atoms with Crippen molar-refractivity contribution < 1.29 is 14.3 Å². The van der Waals surface area contributed by atoms with E-state index in [2.05, 4.69) is 16.8 Å². The van der Waals surface area contributed by atoms with Crippen molar-refractivity contribution in [2.75, 3.05) is 24.8 Å². The first kappa shape index (κ1) is 18.6. The second-order valence-corrected chi connectivity index (χ2v) is 6.23. The third kappa shape index (κ3) is 3.69. The number of hydrogen-bond acceptors (Lipinski definition) is 4. The van der Waals surface area contributed by atoms with E-state index in [0.29, 0.717) is 12.3 Å². The minimum absolute atomic E-state index is 0.403. The van der Waals surface area contributed by atoms with Gasteiger partial charge in [-0.15, -0.1) is 0 Å². The predicted octanol–water partition coefficient (Wildman–Crippen LogP) is 4.88. The first-order valence-corrected chi connectivity index (χ1v) is 9.09. The number of benzene rings is 2. The topological polar surface area (TPSA) is 78.5 Å². The highest BCUT2D eigenvalue weighted by atomic mass is 16.5. The molecule has 0 aliphatic heterocycles. The largest absolute Gasteiger partial charge is 0.497 e. The Morgan fingerprint density at radius 1 is 1.15 bits per heavy atom. The van der Waals surface area contributed by atoms with Gasteiger partial charge in [0, 0.05) is 29.2 Å². The molecule has 3 N–H and O–H groups in total. The Bertz CT molecular complexity index is 945. The maximum atomic E-state index is 11.7. The van der Waals surface area contributed by atoms with Crippen LogP contribution in [-0.4, -0.2) is 24.4 Å². The molecule has 0 atom stereocenters. The average molecular weight is 367 g/mol. The van der Waals surface area contributed by atoms with Gasteiger partial charge in [0.05, 0.1) is 30.6 Å². The van der Waals surface area contributed by atoms with Crippen LogP contribution in [-0.2, 0) is 11.3 Å². The van der Waals surface area contributed by atoms with Crippen molar-refractivity contribution in [1.29, 1.82) is 0 Å². The number of carbonyl (C=O) groups excluding carboxylic acids is 1. The zero-order valence-electron chi connectivity index (χ0n) is 15.9. The summed E-state index contributed by atoms with van der Waals surface area (Å²) in [6.45, 7) is 5.22. The molecule has 3 rings (SSSR count). The van der Waals surface area contributed by atoms with Gasteiger partial charge in [-0.25, -0.2) is 4.79 Å². The Kier molecular flexibility index (Phi) is 5.54. The number of rotatable bonds is 6. The van der Waals surface area contributed by atoms with Crippen molar-refractivity contribution in [3.63, 3.8) is 0 Å². The molecule has 0 radical (unpaired) electrons. The lowest BCUT2D eigenvalue weighted by Crippen LogP contribution is -2.13. The highest BCUT2D eigenvalue weighted by molar-refractivity contribution is 6.01. The number of anilines is 2. The first-order valence-electron chi connectivity index (χ1n) is 9.09. The van der Waals surface area contributed by atoms with Crippen LogP contribution in [0.1, 0.15) is 20.3 Å². The first-order chi connectivity index (χ1) is 13.1. The zero-order valence-corrected chi connectivity index (χ0v) is 15.9. The van der Waals surface area contributed by atoms with Crippen LogP contribution in [0, 0.1) is 0 Å². The third-order valence-electron chi connectivity index (χ3n) is 4.47. The lowest BCUT2D eigenvalue weighted by molar-refractivity contribution is 0.161. The maximum Gasteiger partial charge on any atom is 0.411 e. The number of carbonyl (C=O) groups is 1. The van der Waals surface area contributed by atoms with E-state index < -0.39 is 6.09 Å². The number of fused-ring (bicyclic) bond motifs is 1. The quantitative estimate of drug-likeness (QED) is 0.651. The molecule has 0 aliphatic rings. The minimum atomic E-state index is -0.445. The molecule has 1 amide bonds. The number of ether oxygens (including phenoxy) is 2. The lowest BCUT2D eigenvalue weighted by atomic mass is 10.1. The molecule has 0 unspecified atom stereocenters. The average Bonchev–Trinajstić information content (AvgIpc) is 2.98. The number of nitrogen functional groups attached to an aromatic ring is 1. The standard InChI is InChI=1S/C21H25N3O3/c1-4-12-27-21(25)23-15-8-6-14(7-9-15)20-19(22)17-11-10-16(26-3)13-18(17)24(20)5-2/h6-11,13H,4-5,12,22H2,1-3H3,(H,23,25). The summed E-state index contributed by atoms with van der Waals surface area (Å²) in [5.74, 6) is 0.798. The van der Waals surface area contributed by atoms with Gasteiger partial charge in [-0.1, -0.05) is 19.1 Å². The normalized spacial score (nSPS) is 10.8. The number of methoxy groups -OCH3 is 1. The molecule has 0 bridgehead atoms. The molecule has 6 heteroatoms. The van der Waals surface area contributed by atoms with Crippen molar-refractivity contribution in [3.05, 3.63) is 42.5 Å². The van der Waals surface area contributed by atoms with E-state index in [-0.39, 0.29) is 0 Å². The molecule has 0 fully saturated rings. The van der Waals surface area contributed by atoms with Crippen LogP contribution >= 0.6 is 0 Å². The monoisotopic (exact) mass is 367 g/mol. The van der Waals surface area contributed by atoms with Crippen LogP contribution < -0.4 is 15.8 Å². The van der Waals surface area contributed by atoms with Gasteiger partial charge in [0.1, 0.15) is 5.75 Å². The number of aryl methyl sites for hydroxylation is 1. The number of amides is 1. The highest BCUT2D eigenvalue weighted by Gasteiger charge is 2.16. The molecule has 2 aromatic carbocycles. The molecule has 6 nitrogen and oxygen atoms in total. The van der Waals surface area contributed by atoms with Gasteiger partial charge in [0.25, 0.3) is 0 Å². The van der Waals surface area contributed by atoms with Crippen LogP contribution in [0.15, 0.2) is 42.5 Å². The van der Waals surface area contributed by atoms with E-state index >= 15 is 0 Å². The summed E-state index contributed by atoms with van der Waals surface area (Å²) >= 11 is 0. The second-order valence-electron chi connectivity index (χ2n) is 6.23. The van der Waals surface area contributed by atoms with E-state index in [0.717, 1.165) is 46.6 Å². The van der Waals surface area contributed by atoms with Gasteiger partial charge in [0.2, 0.25) is 0 Å². The fourth-order valence-electron chi connectivity index (χ4n) is 3.18. The molecule has 0 saturated heterocycles. The molecule has 0 spiro atoms. The van der Waals surface area contributed by atoms with E-state index in [1.165, 1.54) is 0 Å². The number of hydrogen-bond donors (Lipinski definition) is 2. The smallest absolute Gasteiger partial charge is 0.411 e. The van der Waals surface area contributed by atoms with Crippen LogP contribution in [0.5, 0.6) is 5.75 Å². The molecular formula is C21H25N3O3. The fourth-order valence-corrected chi connectivity index (χ4v) is 3.18. The lowest BCUT2D eigenvalue weighted by Gasteiger charge is -2.11. The van der Waals surface area contributed by atoms with Gasteiger partial charge in [0.15, 0.2) is 0 Å². The molecule has 1 heterocycles. The van der Waals surface area contributed by atoms with Gasteiger partial charge >= 0.3 is 6.09 Å². The number of nitrogens with two attached hydrogens (primary N) is 1.